The zero-order chi connectivity index (χ0) is 16.9. The molecule has 1 atom stereocenters. The van der Waals surface area contributed by atoms with Gasteiger partial charge in [0.2, 0.25) is 0 Å². The molecular weight excluding hydrogens is 304 g/mol. The number of methoxy groups -OCH3 is 2. The summed E-state index contributed by atoms with van der Waals surface area (Å²) < 4.78 is 10.7. The molecule has 0 unspecified atom stereocenters. The summed E-state index contributed by atoms with van der Waals surface area (Å²) in [7, 11) is 3.26. The van der Waals surface area contributed by atoms with Crippen molar-refractivity contribution in [2.24, 2.45) is 4.99 Å². The number of aromatic nitrogens is 1. The van der Waals surface area contributed by atoms with Gasteiger partial charge in [0, 0.05) is 29.6 Å². The number of hydrogen-bond donors (Lipinski definition) is 1. The van der Waals surface area contributed by atoms with Crippen LogP contribution in [0.3, 0.4) is 0 Å². The normalized spacial score (nSPS) is 19.0. The highest BCUT2D eigenvalue weighted by atomic mass is 16.5. The van der Waals surface area contributed by atoms with Crippen molar-refractivity contribution in [2.45, 2.75) is 19.1 Å². The quantitative estimate of drug-likeness (QED) is 0.939. The Kier molecular flexibility index (Phi) is 4.91. The summed E-state index contributed by atoms with van der Waals surface area (Å²) >= 11 is 0. The molecule has 1 aromatic heterocycles. The van der Waals surface area contributed by atoms with Crippen molar-refractivity contribution in [3.63, 3.8) is 0 Å². The van der Waals surface area contributed by atoms with Crippen LogP contribution < -0.4 is 9.47 Å². The monoisotopic (exact) mass is 324 g/mol. The van der Waals surface area contributed by atoms with Crippen LogP contribution in [0.4, 0.5) is 0 Å². The third-order valence-electron chi connectivity index (χ3n) is 3.96. The second kappa shape index (κ2) is 7.27. The number of ether oxygens (including phenoxy) is 2. The summed E-state index contributed by atoms with van der Waals surface area (Å²) in [5.74, 6) is 1.48. The fourth-order valence-electron chi connectivity index (χ4n) is 2.73. The molecule has 0 spiro atoms. The number of rotatable bonds is 4. The van der Waals surface area contributed by atoms with Crippen LogP contribution in [0.2, 0.25) is 0 Å². The van der Waals surface area contributed by atoms with Crippen molar-refractivity contribution in [1.82, 2.24) is 4.98 Å². The largest absolute Gasteiger partial charge is 0.497 e. The zero-order valence-electron chi connectivity index (χ0n) is 13.8. The summed E-state index contributed by atoms with van der Waals surface area (Å²) in [6, 6.07) is 9.52. The van der Waals surface area contributed by atoms with Crippen LogP contribution in [0, 0.1) is 0 Å². The van der Waals surface area contributed by atoms with Gasteiger partial charge in [0.1, 0.15) is 17.7 Å². The molecule has 1 N–H and O–H groups in total. The smallest absolute Gasteiger partial charge is 0.146 e. The van der Waals surface area contributed by atoms with E-state index in [1.54, 1.807) is 26.6 Å². The number of aliphatic imine (C=N–C) groups is 1. The molecule has 0 saturated heterocycles. The van der Waals surface area contributed by atoms with Crippen LogP contribution in [-0.4, -0.2) is 36.2 Å². The van der Waals surface area contributed by atoms with E-state index in [0.29, 0.717) is 6.42 Å². The molecule has 0 aliphatic carbocycles. The Morgan fingerprint density at radius 2 is 2.08 bits per heavy atom. The van der Waals surface area contributed by atoms with Gasteiger partial charge in [-0.1, -0.05) is 0 Å². The summed E-state index contributed by atoms with van der Waals surface area (Å²) in [6.45, 7) is 0. The highest BCUT2D eigenvalue weighted by Crippen LogP contribution is 2.30. The van der Waals surface area contributed by atoms with Crippen molar-refractivity contribution in [2.75, 3.05) is 14.2 Å². The van der Waals surface area contributed by atoms with Gasteiger partial charge in [0.15, 0.2) is 0 Å². The topological polar surface area (TPSA) is 63.9 Å². The van der Waals surface area contributed by atoms with Crippen LogP contribution in [0.5, 0.6) is 11.5 Å². The van der Waals surface area contributed by atoms with Crippen LogP contribution in [-0.2, 0) is 0 Å². The van der Waals surface area contributed by atoms with E-state index in [1.165, 1.54) is 0 Å². The Morgan fingerprint density at radius 1 is 1.21 bits per heavy atom. The van der Waals surface area contributed by atoms with Gasteiger partial charge in [-0.3, -0.25) is 9.98 Å². The van der Waals surface area contributed by atoms with Gasteiger partial charge < -0.3 is 14.6 Å². The maximum Gasteiger partial charge on any atom is 0.146 e. The Morgan fingerprint density at radius 3 is 2.79 bits per heavy atom. The predicted molar refractivity (Wildman–Crippen MR) is 93.5 cm³/mol. The molecule has 3 rings (SSSR count). The molecule has 5 nitrogen and oxygen atoms in total. The fraction of sp³-hybridized carbons (Fsp3) is 0.263. The average molecular weight is 324 g/mol. The van der Waals surface area contributed by atoms with Crippen LogP contribution in [0.15, 0.2) is 53.3 Å². The second-order valence-electron chi connectivity index (χ2n) is 5.52. The number of allylic oxidation sites excluding steroid dienone is 1. The van der Waals surface area contributed by atoms with Gasteiger partial charge in [-0.25, -0.2) is 0 Å². The summed E-state index contributed by atoms with van der Waals surface area (Å²) in [4.78, 5) is 8.57. The first-order valence-corrected chi connectivity index (χ1v) is 7.80. The third kappa shape index (κ3) is 3.46. The minimum atomic E-state index is -0.671. The molecule has 24 heavy (non-hydrogen) atoms. The molecule has 0 bridgehead atoms. The lowest BCUT2D eigenvalue weighted by Gasteiger charge is -2.20. The number of pyridine rings is 1. The van der Waals surface area contributed by atoms with Gasteiger partial charge in [0.05, 0.1) is 19.9 Å². The molecule has 2 aromatic rings. The number of nitrogens with zero attached hydrogens (tertiary/aromatic N) is 2. The van der Waals surface area contributed by atoms with Crippen molar-refractivity contribution < 1.29 is 14.6 Å². The van der Waals surface area contributed by atoms with Gasteiger partial charge in [-0.05, 0) is 48.8 Å². The average Bonchev–Trinajstić information content (AvgIpc) is 2.64. The van der Waals surface area contributed by atoms with Crippen LogP contribution in [0.1, 0.15) is 24.0 Å². The molecule has 0 amide bonds. The first-order chi connectivity index (χ1) is 11.7. The van der Waals surface area contributed by atoms with Gasteiger partial charge in [0.25, 0.3) is 0 Å². The highest BCUT2D eigenvalue weighted by molar-refractivity contribution is 6.15. The third-order valence-corrected chi connectivity index (χ3v) is 3.96. The van der Waals surface area contributed by atoms with Crippen LogP contribution in [0.25, 0.3) is 6.08 Å². The Labute approximate surface area is 141 Å². The molecule has 0 radical (unpaired) electrons. The van der Waals surface area contributed by atoms with Gasteiger partial charge in [-0.2, -0.15) is 0 Å². The molecule has 1 aliphatic rings. The van der Waals surface area contributed by atoms with E-state index in [-0.39, 0.29) is 0 Å². The lowest BCUT2D eigenvalue weighted by atomic mass is 9.94. The van der Waals surface area contributed by atoms with E-state index in [0.717, 1.165) is 40.3 Å². The fourth-order valence-corrected chi connectivity index (χ4v) is 2.73. The maximum atomic E-state index is 9.92. The molecule has 0 saturated carbocycles. The van der Waals surface area contributed by atoms with Crippen molar-refractivity contribution in [3.05, 3.63) is 59.4 Å². The van der Waals surface area contributed by atoms with E-state index >= 15 is 0 Å². The molecule has 5 heteroatoms. The van der Waals surface area contributed by atoms with E-state index in [9.17, 15) is 5.11 Å². The van der Waals surface area contributed by atoms with Crippen LogP contribution >= 0.6 is 0 Å². The second-order valence-corrected chi connectivity index (χ2v) is 5.52. The standard InChI is InChI=1S/C19H20N2O3/c1-23-16-7-5-13(17(11-16)24-2)10-14-6-8-18(22)21-19(14)15-4-3-9-20-12-15/h3-5,7,9-12,18,22H,6,8H2,1-2H3/b14-10+/t18-/m1/s1. The molecule has 124 valence electrons. The Bertz CT molecular complexity index is 769. The summed E-state index contributed by atoms with van der Waals surface area (Å²) in [6.07, 6.45) is 6.21. The van der Waals surface area contributed by atoms with E-state index in [1.807, 2.05) is 30.3 Å². The SMILES string of the molecule is COc1ccc(/C=C2\CC[C@@H](O)N=C2c2cccnc2)c(OC)c1. The first kappa shape index (κ1) is 16.2. The van der Waals surface area contributed by atoms with Crippen molar-refractivity contribution in [1.29, 1.82) is 0 Å². The number of aliphatic hydroxyl groups excluding tert-OH is 1. The molecule has 1 aliphatic heterocycles. The molecular formula is C19H20N2O3. The Balaban J connectivity index is 2.03. The highest BCUT2D eigenvalue weighted by Gasteiger charge is 2.19. The summed E-state index contributed by atoms with van der Waals surface area (Å²) in [5, 5.41) is 9.92. The van der Waals surface area contributed by atoms with E-state index in [2.05, 4.69) is 16.1 Å². The van der Waals surface area contributed by atoms with Crippen molar-refractivity contribution in [3.8, 4) is 11.5 Å². The van der Waals surface area contributed by atoms with E-state index < -0.39 is 6.23 Å². The number of aliphatic hydroxyl groups is 1. The van der Waals surface area contributed by atoms with E-state index in [4.69, 9.17) is 9.47 Å². The molecule has 2 heterocycles. The molecule has 0 fully saturated rings. The maximum absolute atomic E-state index is 9.92. The molecule has 1 aromatic carbocycles. The minimum absolute atomic E-state index is 0.605. The Hall–Kier alpha value is -2.66. The zero-order valence-corrected chi connectivity index (χ0v) is 13.8. The van der Waals surface area contributed by atoms with Gasteiger partial charge >= 0.3 is 0 Å². The van der Waals surface area contributed by atoms with Crippen molar-refractivity contribution >= 4 is 11.8 Å². The number of hydrogen-bond acceptors (Lipinski definition) is 5. The predicted octanol–water partition coefficient (Wildman–Crippen LogP) is 3.08. The minimum Gasteiger partial charge on any atom is -0.497 e. The lowest BCUT2D eigenvalue weighted by molar-refractivity contribution is 0.172. The first-order valence-electron chi connectivity index (χ1n) is 7.80. The lowest BCUT2D eigenvalue weighted by Crippen LogP contribution is -2.18. The van der Waals surface area contributed by atoms with Gasteiger partial charge in [-0.15, -0.1) is 0 Å². The summed E-state index contributed by atoms with van der Waals surface area (Å²) in [5.41, 5.74) is 3.67. The number of benzene rings is 1.